The molecule has 1 aliphatic rings. The Balaban J connectivity index is 2.70. The van der Waals surface area contributed by atoms with Crippen LogP contribution >= 0.6 is 12.6 Å². The molecule has 100 valence electrons. The third kappa shape index (κ3) is 4.20. The average Bonchev–Trinajstić information content (AvgIpc) is 2.76. The van der Waals surface area contributed by atoms with Crippen LogP contribution in [0.5, 0.6) is 0 Å². The third-order valence-corrected chi connectivity index (χ3v) is 4.31. The van der Waals surface area contributed by atoms with Gasteiger partial charge in [0.25, 0.3) is 0 Å². The summed E-state index contributed by atoms with van der Waals surface area (Å²) in [5.74, 6) is 1.08. The summed E-state index contributed by atoms with van der Waals surface area (Å²) in [5.41, 5.74) is 0. The van der Waals surface area contributed by atoms with E-state index in [9.17, 15) is 4.79 Å². The molecule has 1 atom stereocenters. The van der Waals surface area contributed by atoms with E-state index in [0.717, 1.165) is 6.54 Å². The van der Waals surface area contributed by atoms with Gasteiger partial charge in [-0.15, -0.1) is 0 Å². The smallest absolute Gasteiger partial charge is 0.235 e. The summed E-state index contributed by atoms with van der Waals surface area (Å²) >= 11 is 4.48. The lowest BCUT2D eigenvalue weighted by molar-refractivity contribution is -0.134. The van der Waals surface area contributed by atoms with Crippen molar-refractivity contribution in [2.45, 2.75) is 64.7 Å². The monoisotopic (exact) mass is 257 g/mol. The molecule has 1 saturated carbocycles. The molecular weight excluding hydrogens is 230 g/mol. The number of rotatable bonds is 5. The van der Waals surface area contributed by atoms with Crippen molar-refractivity contribution >= 4 is 18.5 Å². The Morgan fingerprint density at radius 3 is 2.18 bits per heavy atom. The quantitative estimate of drug-likeness (QED) is 0.749. The largest absolute Gasteiger partial charge is 0.339 e. The lowest BCUT2D eigenvalue weighted by Crippen LogP contribution is -2.46. The fraction of sp³-hybridized carbons (Fsp3) is 0.929. The van der Waals surface area contributed by atoms with Gasteiger partial charge in [-0.25, -0.2) is 0 Å². The van der Waals surface area contributed by atoms with Crippen molar-refractivity contribution in [2.24, 2.45) is 11.8 Å². The number of thiol groups is 1. The summed E-state index contributed by atoms with van der Waals surface area (Å²) in [7, 11) is 0. The summed E-state index contributed by atoms with van der Waals surface area (Å²) in [6, 6.07) is 0.471. The molecule has 0 N–H and O–H groups in total. The van der Waals surface area contributed by atoms with Gasteiger partial charge in [-0.2, -0.15) is 12.6 Å². The second-order valence-corrected chi connectivity index (χ2v) is 6.57. The molecule has 0 aliphatic heterocycles. The van der Waals surface area contributed by atoms with Crippen molar-refractivity contribution < 1.29 is 4.79 Å². The van der Waals surface area contributed by atoms with E-state index in [1.165, 1.54) is 25.7 Å². The molecular formula is C14H27NOS. The first-order valence-corrected chi connectivity index (χ1v) is 7.43. The zero-order valence-corrected chi connectivity index (χ0v) is 12.5. The predicted octanol–water partition coefficient (Wildman–Crippen LogP) is 3.37. The third-order valence-electron chi connectivity index (χ3n) is 3.49. The van der Waals surface area contributed by atoms with Gasteiger partial charge in [0, 0.05) is 12.6 Å². The van der Waals surface area contributed by atoms with Gasteiger partial charge in [0.1, 0.15) is 0 Å². The van der Waals surface area contributed by atoms with Gasteiger partial charge in [-0.05, 0) is 24.7 Å². The molecule has 1 fully saturated rings. The maximum Gasteiger partial charge on any atom is 0.235 e. The number of carbonyl (C=O) groups excluding carboxylic acids is 1. The molecule has 1 aliphatic carbocycles. The first kappa shape index (κ1) is 14.9. The molecule has 0 spiro atoms. The van der Waals surface area contributed by atoms with Crippen LogP contribution in [0, 0.1) is 11.8 Å². The summed E-state index contributed by atoms with van der Waals surface area (Å²) in [6.07, 6.45) is 4.89. The Hall–Kier alpha value is -0.180. The Bertz CT molecular complexity index is 247. The molecule has 0 aromatic rings. The minimum atomic E-state index is -0.144. The van der Waals surface area contributed by atoms with Gasteiger partial charge >= 0.3 is 0 Å². The highest BCUT2D eigenvalue weighted by Gasteiger charge is 2.31. The highest BCUT2D eigenvalue weighted by atomic mass is 32.1. The number of hydrogen-bond donors (Lipinski definition) is 1. The molecule has 0 aromatic carbocycles. The highest BCUT2D eigenvalue weighted by Crippen LogP contribution is 2.26. The molecule has 1 rings (SSSR count). The Labute approximate surface area is 112 Å². The van der Waals surface area contributed by atoms with E-state index in [4.69, 9.17) is 0 Å². The summed E-state index contributed by atoms with van der Waals surface area (Å²) in [5, 5.41) is -0.144. The molecule has 2 nitrogen and oxygen atoms in total. The fourth-order valence-electron chi connectivity index (χ4n) is 2.48. The van der Waals surface area contributed by atoms with Crippen LogP contribution in [0.3, 0.4) is 0 Å². The van der Waals surface area contributed by atoms with E-state index >= 15 is 0 Å². The zero-order valence-electron chi connectivity index (χ0n) is 11.6. The lowest BCUT2D eigenvalue weighted by atomic mass is 10.1. The fourth-order valence-corrected chi connectivity index (χ4v) is 2.63. The summed E-state index contributed by atoms with van der Waals surface area (Å²) in [4.78, 5) is 14.6. The molecule has 3 heteroatoms. The highest BCUT2D eigenvalue weighted by molar-refractivity contribution is 7.81. The molecule has 0 aromatic heterocycles. The molecule has 17 heavy (non-hydrogen) atoms. The molecule has 1 unspecified atom stereocenters. The molecule has 0 heterocycles. The van der Waals surface area contributed by atoms with Crippen LogP contribution in [0.4, 0.5) is 0 Å². The van der Waals surface area contributed by atoms with Gasteiger partial charge in [0.05, 0.1) is 5.25 Å². The van der Waals surface area contributed by atoms with Crippen molar-refractivity contribution in [3.8, 4) is 0 Å². The van der Waals surface area contributed by atoms with E-state index in [-0.39, 0.29) is 11.2 Å². The topological polar surface area (TPSA) is 20.3 Å². The van der Waals surface area contributed by atoms with Crippen molar-refractivity contribution in [1.82, 2.24) is 4.90 Å². The van der Waals surface area contributed by atoms with Gasteiger partial charge in [0.15, 0.2) is 0 Å². The van der Waals surface area contributed by atoms with Crippen molar-refractivity contribution in [1.29, 1.82) is 0 Å². The van der Waals surface area contributed by atoms with Crippen LogP contribution in [-0.4, -0.2) is 28.6 Å². The van der Waals surface area contributed by atoms with Crippen molar-refractivity contribution in [2.75, 3.05) is 6.54 Å². The SMILES string of the molecule is CC(C)CN(C(=O)C(S)C(C)C)C1CCCC1. The minimum absolute atomic E-state index is 0.144. The number of amides is 1. The van der Waals surface area contributed by atoms with Crippen LogP contribution in [0.1, 0.15) is 53.4 Å². The Morgan fingerprint density at radius 2 is 1.76 bits per heavy atom. The number of hydrogen-bond acceptors (Lipinski definition) is 2. The Morgan fingerprint density at radius 1 is 1.24 bits per heavy atom. The zero-order chi connectivity index (χ0) is 13.0. The van der Waals surface area contributed by atoms with Gasteiger partial charge in [0.2, 0.25) is 5.91 Å². The minimum Gasteiger partial charge on any atom is -0.339 e. The van der Waals surface area contributed by atoms with E-state index in [2.05, 4.69) is 45.2 Å². The maximum absolute atomic E-state index is 12.5. The van der Waals surface area contributed by atoms with E-state index in [0.29, 0.717) is 17.9 Å². The van der Waals surface area contributed by atoms with E-state index in [1.54, 1.807) is 0 Å². The predicted molar refractivity (Wildman–Crippen MR) is 76.4 cm³/mol. The maximum atomic E-state index is 12.5. The lowest BCUT2D eigenvalue weighted by Gasteiger charge is -2.33. The van der Waals surface area contributed by atoms with E-state index < -0.39 is 0 Å². The molecule has 0 saturated heterocycles. The molecule has 1 amide bonds. The summed E-state index contributed by atoms with van der Waals surface area (Å²) in [6.45, 7) is 9.37. The average molecular weight is 257 g/mol. The van der Waals surface area contributed by atoms with Crippen LogP contribution in [-0.2, 0) is 4.79 Å². The number of carbonyl (C=O) groups is 1. The van der Waals surface area contributed by atoms with Crippen molar-refractivity contribution in [3.05, 3.63) is 0 Å². The standard InChI is InChI=1S/C14H27NOS/c1-10(2)9-15(12-7-5-6-8-12)14(16)13(17)11(3)4/h10-13,17H,5-9H2,1-4H3. The first-order chi connectivity index (χ1) is 7.93. The Kier molecular flexibility index (Phi) is 5.84. The normalized spacial score (nSPS) is 19.0. The second-order valence-electron chi connectivity index (χ2n) is 6.01. The van der Waals surface area contributed by atoms with Crippen molar-refractivity contribution in [3.63, 3.8) is 0 Å². The van der Waals surface area contributed by atoms with Crippen LogP contribution in [0.25, 0.3) is 0 Å². The number of nitrogens with zero attached hydrogens (tertiary/aromatic N) is 1. The van der Waals surface area contributed by atoms with Crippen LogP contribution in [0.15, 0.2) is 0 Å². The first-order valence-electron chi connectivity index (χ1n) is 6.92. The second kappa shape index (κ2) is 6.67. The molecule has 0 bridgehead atoms. The summed E-state index contributed by atoms with van der Waals surface area (Å²) < 4.78 is 0. The van der Waals surface area contributed by atoms with Gasteiger partial charge < -0.3 is 4.90 Å². The molecule has 0 radical (unpaired) electrons. The van der Waals surface area contributed by atoms with Gasteiger partial charge in [-0.3, -0.25) is 4.79 Å². The van der Waals surface area contributed by atoms with Gasteiger partial charge in [-0.1, -0.05) is 40.5 Å². The van der Waals surface area contributed by atoms with E-state index in [1.807, 2.05) is 0 Å². The van der Waals surface area contributed by atoms with Crippen LogP contribution < -0.4 is 0 Å². The van der Waals surface area contributed by atoms with Crippen LogP contribution in [0.2, 0.25) is 0 Å².